The molecule has 0 saturated heterocycles. The third-order valence-corrected chi connectivity index (χ3v) is 1.82. The molecule has 0 radical (unpaired) electrons. The van der Waals surface area contributed by atoms with Gasteiger partial charge in [-0.3, -0.25) is 0 Å². The molecule has 0 aliphatic carbocycles. The van der Waals surface area contributed by atoms with Crippen molar-refractivity contribution in [2.24, 2.45) is 11.8 Å². The molecule has 0 aromatic carbocycles. The van der Waals surface area contributed by atoms with Crippen molar-refractivity contribution in [2.75, 3.05) is 0 Å². The van der Waals surface area contributed by atoms with Gasteiger partial charge in [-0.2, -0.15) is 13.2 Å². The van der Waals surface area contributed by atoms with E-state index in [1.807, 2.05) is 0 Å². The maximum absolute atomic E-state index is 11.8. The number of hydrogen-bond donors (Lipinski definition) is 0. The quantitative estimate of drug-likeness (QED) is 0.564. The largest absolute Gasteiger partial charge is 0.389 e. The molecule has 0 nitrogen and oxygen atoms in total. The fraction of sp³-hybridized carbons (Fsp3) is 0.750. The third kappa shape index (κ3) is 4.87. The van der Waals surface area contributed by atoms with Crippen LogP contribution in [0, 0.1) is 11.8 Å². The molecule has 0 aromatic rings. The second-order valence-corrected chi connectivity index (χ2v) is 2.89. The summed E-state index contributed by atoms with van der Waals surface area (Å²) in [6.45, 7) is 6.77. The summed E-state index contributed by atoms with van der Waals surface area (Å²) in [6.07, 6.45) is -3.22. The van der Waals surface area contributed by atoms with E-state index in [2.05, 4.69) is 6.58 Å². The summed E-state index contributed by atoms with van der Waals surface area (Å²) >= 11 is 0. The van der Waals surface area contributed by atoms with Crippen molar-refractivity contribution in [1.82, 2.24) is 0 Å². The van der Waals surface area contributed by atoms with Gasteiger partial charge in [0.2, 0.25) is 0 Å². The maximum Gasteiger partial charge on any atom is 0.389 e. The highest BCUT2D eigenvalue weighted by Gasteiger charge is 2.31. The lowest BCUT2D eigenvalue weighted by Gasteiger charge is -2.17. The number of halogens is 3. The van der Waals surface area contributed by atoms with Gasteiger partial charge < -0.3 is 0 Å². The third-order valence-electron chi connectivity index (χ3n) is 1.82. The number of hydrogen-bond acceptors (Lipinski definition) is 0. The number of allylic oxidation sites excluding steroid dienone is 1. The first kappa shape index (κ1) is 10.5. The highest BCUT2D eigenvalue weighted by molar-refractivity contribution is 4.80. The Morgan fingerprint density at radius 1 is 1.36 bits per heavy atom. The van der Waals surface area contributed by atoms with Gasteiger partial charge >= 0.3 is 6.18 Å². The first-order chi connectivity index (χ1) is 4.87. The predicted molar refractivity (Wildman–Crippen MR) is 39.2 cm³/mol. The number of rotatable bonds is 3. The highest BCUT2D eigenvalue weighted by atomic mass is 19.4. The van der Waals surface area contributed by atoms with Crippen LogP contribution in [0.4, 0.5) is 13.2 Å². The van der Waals surface area contributed by atoms with Crippen LogP contribution in [0.25, 0.3) is 0 Å². The molecule has 0 spiro atoms. The summed E-state index contributed by atoms with van der Waals surface area (Å²) in [6, 6.07) is 0. The van der Waals surface area contributed by atoms with Crippen LogP contribution in [0.5, 0.6) is 0 Å². The van der Waals surface area contributed by atoms with Crippen molar-refractivity contribution in [1.29, 1.82) is 0 Å². The van der Waals surface area contributed by atoms with Crippen LogP contribution < -0.4 is 0 Å². The van der Waals surface area contributed by atoms with Gasteiger partial charge in [0.25, 0.3) is 0 Å². The molecule has 3 heteroatoms. The fourth-order valence-electron chi connectivity index (χ4n) is 0.783. The van der Waals surface area contributed by atoms with Crippen molar-refractivity contribution < 1.29 is 13.2 Å². The summed E-state index contributed by atoms with van der Waals surface area (Å²) in [5, 5.41) is 0. The van der Waals surface area contributed by atoms with Gasteiger partial charge in [-0.05, 0) is 11.8 Å². The average molecular weight is 166 g/mol. The minimum atomic E-state index is -4.04. The lowest BCUT2D eigenvalue weighted by Crippen LogP contribution is -2.17. The smallest absolute Gasteiger partial charge is 0.171 e. The van der Waals surface area contributed by atoms with Gasteiger partial charge in [0.15, 0.2) is 0 Å². The zero-order chi connectivity index (χ0) is 9.07. The lowest BCUT2D eigenvalue weighted by atomic mass is 9.93. The molecule has 2 unspecified atom stereocenters. The summed E-state index contributed by atoms with van der Waals surface area (Å²) in [5.74, 6) is -0.441. The highest BCUT2D eigenvalue weighted by Crippen LogP contribution is 2.28. The molecule has 0 saturated carbocycles. The van der Waals surface area contributed by atoms with Crippen LogP contribution in [0.1, 0.15) is 20.3 Å². The molecule has 0 N–H and O–H groups in total. The van der Waals surface area contributed by atoms with Crippen LogP contribution in [-0.2, 0) is 0 Å². The Labute approximate surface area is 65.1 Å². The molecule has 0 aromatic heterocycles. The normalized spacial score (nSPS) is 17.5. The Kier molecular flexibility index (Phi) is 3.63. The molecule has 0 aliphatic heterocycles. The van der Waals surface area contributed by atoms with Gasteiger partial charge in [-0.15, -0.1) is 6.58 Å². The van der Waals surface area contributed by atoms with E-state index >= 15 is 0 Å². The summed E-state index contributed by atoms with van der Waals surface area (Å²) < 4.78 is 35.3. The second kappa shape index (κ2) is 3.79. The molecule has 11 heavy (non-hydrogen) atoms. The molecule has 0 bridgehead atoms. The van der Waals surface area contributed by atoms with Crippen molar-refractivity contribution in [3.8, 4) is 0 Å². The Morgan fingerprint density at radius 3 is 2.09 bits per heavy atom. The minimum Gasteiger partial charge on any atom is -0.171 e. The Bertz CT molecular complexity index is 126. The van der Waals surface area contributed by atoms with Crippen LogP contribution in [0.2, 0.25) is 0 Å². The molecule has 0 fully saturated rings. The first-order valence-corrected chi connectivity index (χ1v) is 3.56. The second-order valence-electron chi connectivity index (χ2n) is 2.89. The summed E-state index contributed by atoms with van der Waals surface area (Å²) in [5.41, 5.74) is 0. The zero-order valence-corrected chi connectivity index (χ0v) is 6.78. The van der Waals surface area contributed by atoms with Gasteiger partial charge in [0.05, 0.1) is 0 Å². The van der Waals surface area contributed by atoms with E-state index in [-0.39, 0.29) is 11.8 Å². The van der Waals surface area contributed by atoms with Gasteiger partial charge in [0.1, 0.15) is 0 Å². The van der Waals surface area contributed by atoms with Crippen molar-refractivity contribution >= 4 is 0 Å². The van der Waals surface area contributed by atoms with E-state index in [4.69, 9.17) is 0 Å². The van der Waals surface area contributed by atoms with Crippen LogP contribution in [0.3, 0.4) is 0 Å². The van der Waals surface area contributed by atoms with Crippen molar-refractivity contribution in [3.63, 3.8) is 0 Å². The molecular formula is C8H13F3. The molecule has 0 amide bonds. The minimum absolute atomic E-state index is 0.0726. The molecule has 66 valence electrons. The van der Waals surface area contributed by atoms with E-state index in [0.29, 0.717) is 0 Å². The zero-order valence-electron chi connectivity index (χ0n) is 6.78. The van der Waals surface area contributed by atoms with Crippen molar-refractivity contribution in [3.05, 3.63) is 12.7 Å². The Balaban J connectivity index is 3.86. The fourth-order valence-corrected chi connectivity index (χ4v) is 0.783. The topological polar surface area (TPSA) is 0 Å². The van der Waals surface area contributed by atoms with E-state index in [9.17, 15) is 13.2 Å². The van der Waals surface area contributed by atoms with Crippen LogP contribution >= 0.6 is 0 Å². The molecular weight excluding hydrogens is 153 g/mol. The SMILES string of the molecule is C=CC(C)C(C)CC(F)(F)F. The van der Waals surface area contributed by atoms with Gasteiger partial charge in [-0.1, -0.05) is 19.9 Å². The monoisotopic (exact) mass is 166 g/mol. The van der Waals surface area contributed by atoms with E-state index in [0.717, 1.165) is 0 Å². The lowest BCUT2D eigenvalue weighted by molar-refractivity contribution is -0.145. The maximum atomic E-state index is 11.8. The van der Waals surface area contributed by atoms with Crippen LogP contribution in [0.15, 0.2) is 12.7 Å². The standard InChI is InChI=1S/C8H13F3/c1-4-6(2)7(3)5-8(9,10)11/h4,6-7H,1,5H2,2-3H3. The summed E-state index contributed by atoms with van der Waals surface area (Å²) in [4.78, 5) is 0. The average Bonchev–Trinajstić information content (AvgIpc) is 1.82. The van der Waals surface area contributed by atoms with E-state index in [1.165, 1.54) is 0 Å². The Morgan fingerprint density at radius 2 is 1.82 bits per heavy atom. The van der Waals surface area contributed by atoms with Gasteiger partial charge in [-0.25, -0.2) is 0 Å². The van der Waals surface area contributed by atoms with Crippen molar-refractivity contribution in [2.45, 2.75) is 26.4 Å². The molecule has 2 atom stereocenters. The van der Waals surface area contributed by atoms with Crippen LogP contribution in [-0.4, -0.2) is 6.18 Å². The molecule has 0 aliphatic rings. The van der Waals surface area contributed by atoms with Gasteiger partial charge in [0, 0.05) is 6.42 Å². The predicted octanol–water partition coefficient (Wildman–Crippen LogP) is 3.40. The van der Waals surface area contributed by atoms with E-state index in [1.54, 1.807) is 19.9 Å². The molecule has 0 heterocycles. The Hall–Kier alpha value is -0.470. The van der Waals surface area contributed by atoms with E-state index < -0.39 is 12.6 Å². The molecule has 0 rings (SSSR count). The number of alkyl halides is 3. The first-order valence-electron chi connectivity index (χ1n) is 3.56. The summed E-state index contributed by atoms with van der Waals surface area (Å²) in [7, 11) is 0.